The first-order valence-electron chi connectivity index (χ1n) is 17.3. The Labute approximate surface area is 304 Å². The number of carbonyl (C=O) groups is 2. The van der Waals surface area contributed by atoms with Crippen LogP contribution >= 0.6 is 0 Å². The summed E-state index contributed by atoms with van der Waals surface area (Å²) >= 11 is 0. The molecule has 52 heavy (non-hydrogen) atoms. The molecule has 274 valence electrons. The number of para-hydroxylation sites is 1. The van der Waals surface area contributed by atoms with Crippen molar-refractivity contribution < 1.29 is 38.4 Å². The van der Waals surface area contributed by atoms with Crippen molar-refractivity contribution in [3.63, 3.8) is 0 Å². The Morgan fingerprint density at radius 2 is 1.56 bits per heavy atom. The van der Waals surface area contributed by atoms with Gasteiger partial charge >= 0.3 is 5.97 Å². The average molecular weight is 710 g/mol. The van der Waals surface area contributed by atoms with E-state index in [1.807, 2.05) is 66.7 Å². The fourth-order valence-electron chi connectivity index (χ4n) is 5.96. The molecule has 1 heterocycles. The van der Waals surface area contributed by atoms with Crippen LogP contribution in [0.2, 0.25) is 0 Å². The molecule has 0 radical (unpaired) electrons. The van der Waals surface area contributed by atoms with Gasteiger partial charge in [-0.3, -0.25) is 15.0 Å². The molecule has 0 aromatic heterocycles. The van der Waals surface area contributed by atoms with Crippen molar-refractivity contribution in [3.05, 3.63) is 114 Å². The van der Waals surface area contributed by atoms with Crippen LogP contribution in [0.1, 0.15) is 62.8 Å². The van der Waals surface area contributed by atoms with Crippen molar-refractivity contribution in [2.75, 3.05) is 27.4 Å². The molecule has 11 nitrogen and oxygen atoms in total. The van der Waals surface area contributed by atoms with Gasteiger partial charge in [-0.15, -0.1) is 0 Å². The number of rotatable bonds is 16. The maximum atomic E-state index is 14.6. The zero-order chi connectivity index (χ0) is 37.1. The first kappa shape index (κ1) is 37.9. The molecule has 3 N–H and O–H groups in total. The van der Waals surface area contributed by atoms with Gasteiger partial charge in [0, 0.05) is 37.1 Å². The minimum atomic E-state index is -1.58. The average Bonchev–Trinajstić information content (AvgIpc) is 3.55. The topological polar surface area (TPSA) is 137 Å². The number of hydrazine groups is 1. The largest absolute Gasteiger partial charge is 0.494 e. The van der Waals surface area contributed by atoms with E-state index < -0.39 is 29.1 Å². The molecule has 0 fully saturated rings. The zero-order valence-corrected chi connectivity index (χ0v) is 30.3. The second kappa shape index (κ2) is 17.2. The number of aliphatic hydroxyl groups excluding tert-OH is 1. The van der Waals surface area contributed by atoms with Gasteiger partial charge in [0.25, 0.3) is 5.91 Å². The van der Waals surface area contributed by atoms with Crippen molar-refractivity contribution in [1.82, 2.24) is 10.9 Å². The number of hydrogen-bond acceptors (Lipinski definition) is 10. The smallest absolute Gasteiger partial charge is 0.306 e. The number of esters is 1. The van der Waals surface area contributed by atoms with Gasteiger partial charge in [-0.05, 0) is 74.2 Å². The van der Waals surface area contributed by atoms with Crippen LogP contribution in [-0.4, -0.2) is 61.5 Å². The Balaban J connectivity index is 1.51. The van der Waals surface area contributed by atoms with E-state index >= 15 is 0 Å². The monoisotopic (exact) mass is 709 g/mol. The Kier molecular flexibility index (Phi) is 12.5. The zero-order valence-electron chi connectivity index (χ0n) is 30.3. The van der Waals surface area contributed by atoms with Gasteiger partial charge in [-0.25, -0.2) is 10.4 Å². The molecule has 5 rings (SSSR count). The molecule has 1 aliphatic heterocycles. The summed E-state index contributed by atoms with van der Waals surface area (Å²) in [6.45, 7) is 6.01. The lowest BCUT2D eigenvalue weighted by Gasteiger charge is -2.31. The predicted octanol–water partition coefficient (Wildman–Crippen LogP) is 6.33. The predicted molar refractivity (Wildman–Crippen MR) is 198 cm³/mol. The van der Waals surface area contributed by atoms with Gasteiger partial charge in [0.15, 0.2) is 23.1 Å². The van der Waals surface area contributed by atoms with Gasteiger partial charge in [-0.2, -0.15) is 0 Å². The maximum absolute atomic E-state index is 14.6. The van der Waals surface area contributed by atoms with Crippen LogP contribution in [0.4, 0.5) is 0 Å². The second-order valence-electron chi connectivity index (χ2n) is 13.3. The number of nitrogens with one attached hydrogen (secondary N) is 2. The molecule has 2 atom stereocenters. The van der Waals surface area contributed by atoms with E-state index in [-0.39, 0.29) is 31.9 Å². The molecule has 1 amide bonds. The van der Waals surface area contributed by atoms with Crippen molar-refractivity contribution in [3.8, 4) is 28.4 Å². The Bertz CT molecular complexity index is 1820. The molecule has 0 saturated heterocycles. The molecule has 11 heteroatoms. The molecule has 0 unspecified atom stereocenters. The summed E-state index contributed by atoms with van der Waals surface area (Å²) in [7, 11) is 3.12. The van der Waals surface area contributed by atoms with Crippen LogP contribution < -0.4 is 25.1 Å². The van der Waals surface area contributed by atoms with E-state index in [0.29, 0.717) is 41.4 Å². The minimum absolute atomic E-state index is 0.00509. The molecule has 4 aromatic carbocycles. The van der Waals surface area contributed by atoms with Crippen molar-refractivity contribution in [2.24, 2.45) is 4.99 Å². The number of nitrogens with zero attached hydrogens (tertiary/aromatic N) is 1. The quantitative estimate of drug-likeness (QED) is 0.0693. The number of methoxy groups -OCH3 is 2. The Morgan fingerprint density at radius 3 is 2.21 bits per heavy atom. The van der Waals surface area contributed by atoms with Gasteiger partial charge in [0.1, 0.15) is 11.4 Å². The lowest BCUT2D eigenvalue weighted by atomic mass is 9.83. The van der Waals surface area contributed by atoms with Crippen LogP contribution in [0.25, 0.3) is 11.1 Å². The summed E-state index contributed by atoms with van der Waals surface area (Å²) in [4.78, 5) is 32.7. The molecule has 4 aromatic rings. The van der Waals surface area contributed by atoms with Crippen LogP contribution in [-0.2, 0) is 25.6 Å². The number of carbonyl (C=O) groups excluding carboxylic acids is 2. The van der Waals surface area contributed by atoms with E-state index in [2.05, 4.69) is 10.9 Å². The SMILES string of the molecule is COc1cccc(CNNC(=O)[C@@]2(CCC(=O)OC(C)(C)C)N=C(c3ccc(OCCCO)cc3)O[C@H]2c2ccc(-c3ccccc3)cc2)c1OC. The number of ether oxygens (including phenoxy) is 5. The molecular weight excluding hydrogens is 662 g/mol. The van der Waals surface area contributed by atoms with E-state index in [0.717, 1.165) is 16.7 Å². The summed E-state index contributed by atoms with van der Waals surface area (Å²) in [5.74, 6) is 1.01. The van der Waals surface area contributed by atoms with E-state index in [4.69, 9.17) is 33.8 Å². The maximum Gasteiger partial charge on any atom is 0.306 e. The van der Waals surface area contributed by atoms with E-state index in [1.54, 1.807) is 65.3 Å². The minimum Gasteiger partial charge on any atom is -0.494 e. The number of aliphatic hydroxyl groups is 1. The van der Waals surface area contributed by atoms with Gasteiger partial charge in [0.05, 0.1) is 20.8 Å². The third-order valence-corrected chi connectivity index (χ3v) is 8.45. The first-order chi connectivity index (χ1) is 25.1. The molecule has 0 aliphatic carbocycles. The molecule has 0 bridgehead atoms. The van der Waals surface area contributed by atoms with E-state index in [1.165, 1.54) is 0 Å². The lowest BCUT2D eigenvalue weighted by molar-refractivity contribution is -0.155. The Morgan fingerprint density at radius 1 is 0.865 bits per heavy atom. The van der Waals surface area contributed by atoms with Crippen LogP contribution in [0.5, 0.6) is 17.2 Å². The third kappa shape index (κ3) is 9.28. The summed E-state index contributed by atoms with van der Waals surface area (Å²) < 4.78 is 29.0. The molecular formula is C41H47N3O8. The molecule has 1 aliphatic rings. The fourth-order valence-corrected chi connectivity index (χ4v) is 5.96. The number of amides is 1. The van der Waals surface area contributed by atoms with Crippen LogP contribution in [0.15, 0.2) is 102 Å². The lowest BCUT2D eigenvalue weighted by Crippen LogP contribution is -2.52. The van der Waals surface area contributed by atoms with Gasteiger partial charge in [0.2, 0.25) is 5.90 Å². The highest BCUT2D eigenvalue weighted by Gasteiger charge is 2.53. The Hall–Kier alpha value is -5.39. The van der Waals surface area contributed by atoms with E-state index in [9.17, 15) is 9.59 Å². The van der Waals surface area contributed by atoms with Crippen LogP contribution in [0.3, 0.4) is 0 Å². The first-order valence-corrected chi connectivity index (χ1v) is 17.3. The highest BCUT2D eigenvalue weighted by Crippen LogP contribution is 2.44. The standard InChI is InChI=1S/C41H47N3O8/c1-40(2,3)52-35(46)23-24-41(39(47)44-42-27-32-13-9-14-34(48-4)36(32)49-5)37(30-17-15-29(16-18-30)28-11-7-6-8-12-28)51-38(43-41)31-19-21-33(22-20-31)50-26-10-25-45/h6-9,11-22,37,42,45H,10,23-27H2,1-5H3,(H,44,47)/t37-,41-/m0/s1. The van der Waals surface area contributed by atoms with Gasteiger partial charge < -0.3 is 28.8 Å². The molecule has 0 saturated carbocycles. The molecule has 0 spiro atoms. The van der Waals surface area contributed by atoms with Gasteiger partial charge in [-0.1, -0.05) is 66.7 Å². The van der Waals surface area contributed by atoms with Crippen molar-refractivity contribution in [2.45, 2.75) is 63.8 Å². The fraction of sp³-hybridized carbons (Fsp3) is 0.341. The normalized spacial score (nSPS) is 16.7. The second-order valence-corrected chi connectivity index (χ2v) is 13.3. The summed E-state index contributed by atoms with van der Waals surface area (Å²) in [5, 5.41) is 9.12. The number of hydrogen-bond donors (Lipinski definition) is 3. The van der Waals surface area contributed by atoms with Crippen LogP contribution in [0, 0.1) is 0 Å². The van der Waals surface area contributed by atoms with Crippen molar-refractivity contribution in [1.29, 1.82) is 0 Å². The number of benzene rings is 4. The summed E-state index contributed by atoms with van der Waals surface area (Å²) in [6, 6.07) is 30.5. The summed E-state index contributed by atoms with van der Waals surface area (Å²) in [6.07, 6.45) is -0.487. The number of aliphatic imine (C=N–C) groups is 1. The highest BCUT2D eigenvalue weighted by atomic mass is 16.6. The highest BCUT2D eigenvalue weighted by molar-refractivity contribution is 6.01. The third-order valence-electron chi connectivity index (χ3n) is 8.45. The summed E-state index contributed by atoms with van der Waals surface area (Å²) in [5.41, 5.74) is 7.73. The van der Waals surface area contributed by atoms with Crippen molar-refractivity contribution >= 4 is 17.8 Å².